The molecule has 4 aliphatic heterocycles. The Morgan fingerprint density at radius 3 is 1.53 bits per heavy atom. The molecule has 1 N–H and O–H groups in total. The molecule has 2 aromatic rings. The number of hydrogen-bond acceptors (Lipinski definition) is 11. The number of ether oxygens (including phenoxy) is 2. The Kier molecular flexibility index (Phi) is 14.7. The van der Waals surface area contributed by atoms with Gasteiger partial charge in [0.15, 0.2) is 0 Å². The van der Waals surface area contributed by atoms with Gasteiger partial charge in [0.25, 0.3) is 10.1 Å². The molecule has 0 aromatic heterocycles. The summed E-state index contributed by atoms with van der Waals surface area (Å²) in [6.45, 7) is 23.7. The summed E-state index contributed by atoms with van der Waals surface area (Å²) in [5, 5.41) is 3.27. The van der Waals surface area contributed by atoms with Crippen molar-refractivity contribution in [3.8, 4) is 0 Å². The van der Waals surface area contributed by atoms with Gasteiger partial charge in [-0.3, -0.25) is 18.9 Å². The highest BCUT2D eigenvalue weighted by Crippen LogP contribution is 2.27. The monoisotopic (exact) mass is 758 g/mol. The first kappa shape index (κ1) is 42.5. The number of nitrogens with zero attached hydrogens (tertiary/aromatic N) is 5. The number of likely N-dealkylation sites (N-methyl/N-ethyl adjacent to an activating group) is 2. The van der Waals surface area contributed by atoms with Crippen LogP contribution in [0.25, 0.3) is 0 Å². The zero-order valence-electron chi connectivity index (χ0n) is 33.4. The number of piperazine rings is 2. The highest BCUT2D eigenvalue weighted by molar-refractivity contribution is 7.85. The average Bonchev–Trinajstić information content (AvgIpc) is 3.68. The van der Waals surface area contributed by atoms with Crippen LogP contribution >= 0.6 is 0 Å². The quantitative estimate of drug-likeness (QED) is 0.430. The molecule has 0 spiro atoms. The molecule has 6 rings (SSSR count). The second kappa shape index (κ2) is 18.4. The molecule has 0 atom stereocenters. The van der Waals surface area contributed by atoms with Crippen molar-refractivity contribution in [2.75, 3.05) is 72.7 Å². The first-order valence-electron chi connectivity index (χ1n) is 18.5. The van der Waals surface area contributed by atoms with Crippen LogP contribution in [0.5, 0.6) is 0 Å². The molecule has 0 bridgehead atoms. The van der Waals surface area contributed by atoms with Crippen LogP contribution in [0.2, 0.25) is 0 Å². The third-order valence-electron chi connectivity index (χ3n) is 9.07. The van der Waals surface area contributed by atoms with Crippen LogP contribution in [0.3, 0.4) is 0 Å². The fourth-order valence-corrected chi connectivity index (χ4v) is 6.56. The minimum absolute atomic E-state index is 0.00144. The van der Waals surface area contributed by atoms with Gasteiger partial charge in [0.2, 0.25) is 0 Å². The van der Waals surface area contributed by atoms with Crippen LogP contribution in [0, 0.1) is 0 Å². The normalized spacial score (nSPS) is 18.3. The molecule has 4 aliphatic rings. The van der Waals surface area contributed by atoms with E-state index in [9.17, 15) is 18.0 Å². The summed E-state index contributed by atoms with van der Waals surface area (Å²) in [4.78, 5) is 34.9. The summed E-state index contributed by atoms with van der Waals surface area (Å²) < 4.78 is 37.7. The van der Waals surface area contributed by atoms with Crippen molar-refractivity contribution in [3.05, 3.63) is 69.8 Å². The van der Waals surface area contributed by atoms with E-state index in [2.05, 4.69) is 52.3 Å². The lowest BCUT2D eigenvalue weighted by atomic mass is 10.1. The van der Waals surface area contributed by atoms with E-state index in [1.165, 1.54) is 29.8 Å². The molecule has 14 heteroatoms. The molecular formula is C39H62N6O7S. The number of carbonyl (C=O) groups is 2. The highest BCUT2D eigenvalue weighted by atomic mass is 32.2. The van der Waals surface area contributed by atoms with Crippen molar-refractivity contribution in [2.45, 2.75) is 92.1 Å². The van der Waals surface area contributed by atoms with Crippen LogP contribution in [-0.2, 0) is 63.1 Å². The number of nitrogens with one attached hydrogen (secondary N) is 1. The second-order valence-corrected chi connectivity index (χ2v) is 18.1. The molecule has 53 heavy (non-hydrogen) atoms. The molecule has 0 saturated carbocycles. The molecule has 2 amide bonds. The van der Waals surface area contributed by atoms with E-state index >= 15 is 0 Å². The third-order valence-corrected chi connectivity index (χ3v) is 9.62. The van der Waals surface area contributed by atoms with Crippen LogP contribution < -0.4 is 5.32 Å². The third kappa shape index (κ3) is 14.8. The van der Waals surface area contributed by atoms with Gasteiger partial charge >= 0.3 is 12.2 Å². The lowest BCUT2D eigenvalue weighted by Crippen LogP contribution is -2.43. The van der Waals surface area contributed by atoms with Gasteiger partial charge < -0.3 is 24.6 Å². The van der Waals surface area contributed by atoms with Gasteiger partial charge in [0.05, 0.1) is 12.9 Å². The fourth-order valence-electron chi connectivity index (χ4n) is 6.21. The molecule has 2 fully saturated rings. The number of hydrogen-bond donors (Lipinski definition) is 1. The Balaban J connectivity index is 0.000000201. The first-order valence-corrected chi connectivity index (χ1v) is 20.4. The van der Waals surface area contributed by atoms with E-state index in [1.54, 1.807) is 9.80 Å². The molecule has 2 aromatic carbocycles. The van der Waals surface area contributed by atoms with Crippen molar-refractivity contribution in [2.24, 2.45) is 0 Å². The first-order chi connectivity index (χ1) is 24.7. The maximum Gasteiger partial charge on any atom is 0.410 e. The maximum absolute atomic E-state index is 12.3. The van der Waals surface area contributed by atoms with Crippen molar-refractivity contribution in [3.63, 3.8) is 0 Å². The van der Waals surface area contributed by atoms with Gasteiger partial charge in [-0.25, -0.2) is 9.59 Å². The zero-order chi connectivity index (χ0) is 39.0. The van der Waals surface area contributed by atoms with Crippen LogP contribution in [0.15, 0.2) is 36.4 Å². The number of amides is 2. The fraction of sp³-hybridized carbons (Fsp3) is 0.641. The minimum Gasteiger partial charge on any atom is -0.444 e. The SMILES string of the molecule is CC(C)(C)OC(=O)N1Cc2ccc(COS(C)(=O)=O)cc2C1.CN1CCN(Cc2ccc3c(c2)CN(C(=O)OC(C)(C)C)C3)CC1.CN1CCNCC1. The van der Waals surface area contributed by atoms with Crippen molar-refractivity contribution >= 4 is 22.3 Å². The summed E-state index contributed by atoms with van der Waals surface area (Å²) in [6.07, 6.45) is 0.446. The highest BCUT2D eigenvalue weighted by Gasteiger charge is 2.29. The molecule has 13 nitrogen and oxygen atoms in total. The standard InChI is InChI=1S/C19H29N3O2.C15H21NO5S.C5H12N2/c1-19(2,3)24-18(23)22-13-16-6-5-15(11-17(16)14-22)12-21-9-7-20(4)8-10-21;1-15(2,3)21-14(17)16-8-12-6-5-11(7-13(12)9-16)10-20-22(4,18)19;1-7-4-2-6-3-5-7/h5-6,11H,7-10,12-14H2,1-4H3;5-7H,8-10H2,1-4H3;6H,2-5H2,1H3. The summed E-state index contributed by atoms with van der Waals surface area (Å²) >= 11 is 0. The number of fused-ring (bicyclic) bond motifs is 2. The molecule has 0 unspecified atom stereocenters. The van der Waals surface area contributed by atoms with Gasteiger partial charge in [-0.15, -0.1) is 0 Å². The lowest BCUT2D eigenvalue weighted by Gasteiger charge is -2.32. The maximum atomic E-state index is 12.3. The van der Waals surface area contributed by atoms with Crippen LogP contribution in [0.4, 0.5) is 9.59 Å². The zero-order valence-corrected chi connectivity index (χ0v) is 34.2. The second-order valence-electron chi connectivity index (χ2n) is 16.5. The van der Waals surface area contributed by atoms with Crippen molar-refractivity contribution < 1.29 is 31.7 Å². The lowest BCUT2D eigenvalue weighted by molar-refractivity contribution is 0.0232. The minimum atomic E-state index is -3.47. The van der Waals surface area contributed by atoms with E-state index in [0.717, 1.165) is 68.8 Å². The molecule has 0 radical (unpaired) electrons. The predicted molar refractivity (Wildman–Crippen MR) is 207 cm³/mol. The summed E-state index contributed by atoms with van der Waals surface area (Å²) in [5.74, 6) is 0. The van der Waals surface area contributed by atoms with E-state index < -0.39 is 21.3 Å². The summed E-state index contributed by atoms with van der Waals surface area (Å²) in [7, 11) is 0.867. The molecular weight excluding hydrogens is 697 g/mol. The Labute approximate surface area is 317 Å². The topological polar surface area (TPSA) is 124 Å². The summed E-state index contributed by atoms with van der Waals surface area (Å²) in [5.41, 5.74) is 5.64. The molecule has 2 saturated heterocycles. The van der Waals surface area contributed by atoms with Gasteiger partial charge in [-0.05, 0) is 89.0 Å². The van der Waals surface area contributed by atoms with Gasteiger partial charge in [-0.1, -0.05) is 36.4 Å². The molecule has 296 valence electrons. The van der Waals surface area contributed by atoms with E-state index in [4.69, 9.17) is 13.7 Å². The largest absolute Gasteiger partial charge is 0.444 e. The van der Waals surface area contributed by atoms with Crippen molar-refractivity contribution in [1.29, 1.82) is 0 Å². The Morgan fingerprint density at radius 2 is 1.09 bits per heavy atom. The van der Waals surface area contributed by atoms with E-state index in [1.807, 2.05) is 59.7 Å². The molecule has 0 aliphatic carbocycles. The van der Waals surface area contributed by atoms with Gasteiger partial charge in [0.1, 0.15) is 11.2 Å². The predicted octanol–water partition coefficient (Wildman–Crippen LogP) is 4.62. The Hall–Kier alpha value is -3.27. The van der Waals surface area contributed by atoms with Crippen LogP contribution in [0.1, 0.15) is 74.9 Å². The number of carbonyl (C=O) groups excluding carboxylic acids is 2. The van der Waals surface area contributed by atoms with Crippen molar-refractivity contribution in [1.82, 2.24) is 29.8 Å². The van der Waals surface area contributed by atoms with Gasteiger partial charge in [-0.2, -0.15) is 8.42 Å². The van der Waals surface area contributed by atoms with Gasteiger partial charge in [0, 0.05) is 85.1 Å². The van der Waals surface area contributed by atoms with Crippen LogP contribution in [-0.4, -0.2) is 129 Å². The summed E-state index contributed by atoms with van der Waals surface area (Å²) in [6, 6.07) is 12.2. The Bertz CT molecular complexity index is 1640. The van der Waals surface area contributed by atoms with E-state index in [0.29, 0.717) is 26.2 Å². The average molecular weight is 759 g/mol. The smallest absolute Gasteiger partial charge is 0.410 e. The number of benzene rings is 2. The number of rotatable bonds is 5. The van der Waals surface area contributed by atoms with E-state index in [-0.39, 0.29) is 18.8 Å². The molecule has 4 heterocycles. The Morgan fingerprint density at radius 1 is 0.660 bits per heavy atom.